The molecule has 0 saturated carbocycles. The highest BCUT2D eigenvalue weighted by Crippen LogP contribution is 2.25. The van der Waals surface area contributed by atoms with Gasteiger partial charge in [-0.05, 0) is 23.6 Å². The number of carbonyl (C=O) groups is 1. The summed E-state index contributed by atoms with van der Waals surface area (Å²) in [4.78, 5) is 12.7. The molecule has 1 aromatic carbocycles. The largest absolute Gasteiger partial charge is 0.365 e. The lowest BCUT2D eigenvalue weighted by molar-refractivity contribution is -0.121. The van der Waals surface area contributed by atoms with E-state index < -0.39 is 11.7 Å². The number of hydrogen-bond donors (Lipinski definition) is 1. The van der Waals surface area contributed by atoms with Crippen LogP contribution in [0.1, 0.15) is 5.69 Å². The Kier molecular flexibility index (Phi) is 4.80. The number of thiophene rings is 1. The van der Waals surface area contributed by atoms with Crippen molar-refractivity contribution in [1.82, 2.24) is 5.16 Å². The van der Waals surface area contributed by atoms with Gasteiger partial charge in [0, 0.05) is 6.07 Å². The number of nitrogens with zero attached hydrogens (tertiary/aromatic N) is 1. The fraction of sp³-hybridized carbons (Fsp3) is 0.125. The van der Waals surface area contributed by atoms with E-state index in [2.05, 4.69) is 10.5 Å². The number of para-hydroxylation sites is 1. The van der Waals surface area contributed by atoms with E-state index in [-0.39, 0.29) is 18.9 Å². The average molecular weight is 332 g/mol. The molecule has 0 atom stereocenters. The molecular weight excluding hydrogens is 319 g/mol. The minimum Gasteiger partial charge on any atom is -0.365 e. The van der Waals surface area contributed by atoms with Crippen LogP contribution in [0.15, 0.2) is 52.4 Å². The van der Waals surface area contributed by atoms with E-state index >= 15 is 0 Å². The Labute approximate surface area is 135 Å². The van der Waals surface area contributed by atoms with Gasteiger partial charge in [-0.2, -0.15) is 0 Å². The third-order valence-electron chi connectivity index (χ3n) is 2.95. The number of carbonyl (C=O) groups excluding carboxylic acids is 1. The Morgan fingerprint density at radius 3 is 2.96 bits per heavy atom. The van der Waals surface area contributed by atoms with Gasteiger partial charge in [0.1, 0.15) is 18.1 Å². The van der Waals surface area contributed by atoms with Gasteiger partial charge in [0.05, 0.1) is 17.2 Å². The van der Waals surface area contributed by atoms with E-state index in [1.165, 1.54) is 12.1 Å². The minimum absolute atomic E-state index is 0.127. The minimum atomic E-state index is -0.488. The van der Waals surface area contributed by atoms with Crippen LogP contribution < -0.4 is 5.32 Å². The normalized spacial score (nSPS) is 10.7. The van der Waals surface area contributed by atoms with E-state index in [0.29, 0.717) is 11.5 Å². The van der Waals surface area contributed by atoms with Crippen LogP contribution in [0.5, 0.6) is 0 Å². The summed E-state index contributed by atoms with van der Waals surface area (Å²) in [6.45, 7) is -0.0604. The molecule has 0 bridgehead atoms. The van der Waals surface area contributed by atoms with Gasteiger partial charge >= 0.3 is 0 Å². The van der Waals surface area contributed by atoms with Gasteiger partial charge in [0.15, 0.2) is 5.76 Å². The van der Waals surface area contributed by atoms with Gasteiger partial charge < -0.3 is 14.6 Å². The predicted octanol–water partition coefficient (Wildman–Crippen LogP) is 3.70. The highest BCUT2D eigenvalue weighted by molar-refractivity contribution is 7.13. The summed E-state index contributed by atoms with van der Waals surface area (Å²) in [6, 6.07) is 11.6. The first-order valence-corrected chi connectivity index (χ1v) is 7.72. The molecule has 1 amide bonds. The molecule has 0 fully saturated rings. The van der Waals surface area contributed by atoms with Gasteiger partial charge in [-0.1, -0.05) is 23.4 Å². The topological polar surface area (TPSA) is 64.4 Å². The molecule has 3 rings (SSSR count). The summed E-state index contributed by atoms with van der Waals surface area (Å²) >= 11 is 1.55. The number of rotatable bonds is 6. The number of ether oxygens (including phenoxy) is 1. The molecule has 3 aromatic rings. The number of anilines is 1. The zero-order valence-electron chi connectivity index (χ0n) is 12.0. The maximum atomic E-state index is 13.4. The molecule has 2 heterocycles. The zero-order chi connectivity index (χ0) is 16.1. The van der Waals surface area contributed by atoms with Crippen LogP contribution in [-0.2, 0) is 16.1 Å². The molecule has 2 aromatic heterocycles. The molecule has 0 unspecified atom stereocenters. The maximum absolute atomic E-state index is 13.4. The Hall–Kier alpha value is -2.51. The molecule has 7 heteroatoms. The fourth-order valence-electron chi connectivity index (χ4n) is 1.91. The van der Waals surface area contributed by atoms with Gasteiger partial charge in [-0.3, -0.25) is 4.79 Å². The second-order valence-corrected chi connectivity index (χ2v) is 5.63. The van der Waals surface area contributed by atoms with Crippen LogP contribution in [0.3, 0.4) is 0 Å². The molecule has 0 spiro atoms. The number of benzene rings is 1. The monoisotopic (exact) mass is 332 g/mol. The van der Waals surface area contributed by atoms with Crippen LogP contribution in [-0.4, -0.2) is 17.7 Å². The van der Waals surface area contributed by atoms with Gasteiger partial charge in [-0.15, -0.1) is 11.3 Å². The summed E-state index contributed by atoms with van der Waals surface area (Å²) < 4.78 is 23.9. The average Bonchev–Trinajstić information content (AvgIpc) is 3.20. The van der Waals surface area contributed by atoms with Crippen molar-refractivity contribution in [2.24, 2.45) is 0 Å². The lowest BCUT2D eigenvalue weighted by atomic mass is 10.3. The van der Waals surface area contributed by atoms with Crippen molar-refractivity contribution >= 4 is 22.9 Å². The van der Waals surface area contributed by atoms with Crippen molar-refractivity contribution in [3.63, 3.8) is 0 Å². The molecular formula is C16H13FN2O3S. The van der Waals surface area contributed by atoms with E-state index in [1.54, 1.807) is 29.5 Å². The summed E-state index contributed by atoms with van der Waals surface area (Å²) in [7, 11) is 0. The third kappa shape index (κ3) is 4.02. The Bertz CT molecular complexity index is 786. The number of nitrogens with one attached hydrogen (secondary N) is 1. The van der Waals surface area contributed by atoms with Crippen molar-refractivity contribution in [2.75, 3.05) is 11.9 Å². The molecule has 0 radical (unpaired) electrons. The van der Waals surface area contributed by atoms with E-state index in [9.17, 15) is 9.18 Å². The van der Waals surface area contributed by atoms with Crippen LogP contribution >= 0.6 is 11.3 Å². The molecule has 0 aliphatic heterocycles. The number of halogens is 1. The van der Waals surface area contributed by atoms with E-state index in [1.807, 2.05) is 17.5 Å². The smallest absolute Gasteiger partial charge is 0.250 e. The van der Waals surface area contributed by atoms with Crippen LogP contribution in [0.2, 0.25) is 0 Å². The van der Waals surface area contributed by atoms with Gasteiger partial charge in [0.2, 0.25) is 5.91 Å². The highest BCUT2D eigenvalue weighted by atomic mass is 32.1. The maximum Gasteiger partial charge on any atom is 0.250 e. The third-order valence-corrected chi connectivity index (χ3v) is 3.84. The van der Waals surface area contributed by atoms with Crippen molar-refractivity contribution in [2.45, 2.75) is 6.61 Å². The highest BCUT2D eigenvalue weighted by Gasteiger charge is 2.10. The second kappa shape index (κ2) is 7.17. The molecule has 0 saturated heterocycles. The van der Waals surface area contributed by atoms with Crippen molar-refractivity contribution in [1.29, 1.82) is 0 Å². The summed E-state index contributed by atoms with van der Waals surface area (Å²) in [6.07, 6.45) is 0. The lowest BCUT2D eigenvalue weighted by Crippen LogP contribution is -2.18. The van der Waals surface area contributed by atoms with Gasteiger partial charge in [0.25, 0.3) is 0 Å². The summed E-state index contributed by atoms with van der Waals surface area (Å²) in [5.41, 5.74) is 0.717. The first-order valence-electron chi connectivity index (χ1n) is 6.84. The standard InChI is InChI=1S/C16H13FN2O3S/c17-12-4-1-2-5-13(12)18-16(20)10-21-9-11-8-14(22-19-11)15-6-3-7-23-15/h1-8H,9-10H2,(H,18,20). The van der Waals surface area contributed by atoms with Crippen LogP contribution in [0.4, 0.5) is 10.1 Å². The number of amides is 1. The second-order valence-electron chi connectivity index (χ2n) is 4.68. The molecule has 5 nitrogen and oxygen atoms in total. The van der Waals surface area contributed by atoms with Crippen molar-refractivity contribution < 1.29 is 18.4 Å². The van der Waals surface area contributed by atoms with E-state index in [4.69, 9.17) is 9.26 Å². The quantitative estimate of drug-likeness (QED) is 0.747. The van der Waals surface area contributed by atoms with Crippen LogP contribution in [0, 0.1) is 5.82 Å². The molecule has 118 valence electrons. The molecule has 23 heavy (non-hydrogen) atoms. The van der Waals surface area contributed by atoms with Crippen molar-refractivity contribution in [3.8, 4) is 10.6 Å². The number of aromatic nitrogens is 1. The Balaban J connectivity index is 1.48. The summed E-state index contributed by atoms with van der Waals surface area (Å²) in [5, 5.41) is 8.27. The van der Waals surface area contributed by atoms with Crippen molar-refractivity contribution in [3.05, 3.63) is 59.4 Å². The molecule has 0 aliphatic carbocycles. The zero-order valence-corrected chi connectivity index (χ0v) is 12.8. The Morgan fingerprint density at radius 1 is 1.30 bits per heavy atom. The number of hydrogen-bond acceptors (Lipinski definition) is 5. The molecule has 0 aliphatic rings. The predicted molar refractivity (Wildman–Crippen MR) is 84.5 cm³/mol. The summed E-state index contributed by atoms with van der Waals surface area (Å²) in [5.74, 6) is -0.260. The van der Waals surface area contributed by atoms with Gasteiger partial charge in [-0.25, -0.2) is 4.39 Å². The molecule has 1 N–H and O–H groups in total. The first kappa shape index (κ1) is 15.4. The van der Waals surface area contributed by atoms with Crippen LogP contribution in [0.25, 0.3) is 10.6 Å². The van der Waals surface area contributed by atoms with E-state index in [0.717, 1.165) is 4.88 Å². The Morgan fingerprint density at radius 2 is 2.17 bits per heavy atom. The fourth-order valence-corrected chi connectivity index (χ4v) is 2.59. The first-order chi connectivity index (χ1) is 11.2. The SMILES string of the molecule is O=C(COCc1cc(-c2cccs2)on1)Nc1ccccc1F. The lowest BCUT2D eigenvalue weighted by Gasteiger charge is -2.06.